The Balaban J connectivity index is 2.25. The first kappa shape index (κ1) is 15.9. The summed E-state index contributed by atoms with van der Waals surface area (Å²) in [6.07, 6.45) is 12.1. The Labute approximate surface area is 116 Å². The van der Waals surface area contributed by atoms with Gasteiger partial charge in [0, 0.05) is 18.8 Å². The summed E-state index contributed by atoms with van der Waals surface area (Å²) in [4.78, 5) is 22.3. The molecular formula is C16H26O3. The van der Waals surface area contributed by atoms with Crippen LogP contribution in [0.4, 0.5) is 0 Å². The fourth-order valence-electron chi connectivity index (χ4n) is 2.92. The van der Waals surface area contributed by atoms with Crippen LogP contribution < -0.4 is 0 Å². The van der Waals surface area contributed by atoms with Gasteiger partial charge in [-0.2, -0.15) is 0 Å². The summed E-state index contributed by atoms with van der Waals surface area (Å²) in [5.74, 6) is 0.469. The highest BCUT2D eigenvalue weighted by Gasteiger charge is 2.32. The van der Waals surface area contributed by atoms with E-state index in [2.05, 4.69) is 19.1 Å². The highest BCUT2D eigenvalue weighted by Crippen LogP contribution is 2.35. The van der Waals surface area contributed by atoms with E-state index in [1.807, 2.05) is 0 Å². The third-order valence-corrected chi connectivity index (χ3v) is 4.00. The number of allylic oxidation sites excluding steroid dienone is 2. The Morgan fingerprint density at radius 1 is 1.32 bits per heavy atom. The number of Topliss-reactive ketones (excluding diaryl/α,β-unsaturated/α-hetero) is 1. The fourth-order valence-corrected chi connectivity index (χ4v) is 2.92. The van der Waals surface area contributed by atoms with Crippen LogP contribution in [0.1, 0.15) is 64.7 Å². The molecule has 108 valence electrons. The number of hydrogen-bond acceptors (Lipinski definition) is 2. The van der Waals surface area contributed by atoms with E-state index < -0.39 is 5.97 Å². The van der Waals surface area contributed by atoms with Crippen molar-refractivity contribution in [3.63, 3.8) is 0 Å². The first-order valence-electron chi connectivity index (χ1n) is 7.54. The van der Waals surface area contributed by atoms with Crippen molar-refractivity contribution in [2.75, 3.05) is 0 Å². The van der Waals surface area contributed by atoms with Gasteiger partial charge in [-0.3, -0.25) is 9.59 Å². The van der Waals surface area contributed by atoms with E-state index in [9.17, 15) is 9.59 Å². The Bertz CT molecular complexity index is 320. The van der Waals surface area contributed by atoms with Crippen molar-refractivity contribution in [3.05, 3.63) is 12.2 Å². The molecule has 0 aliphatic heterocycles. The first-order chi connectivity index (χ1) is 9.15. The normalized spacial score (nSPS) is 23.3. The maximum absolute atomic E-state index is 11.8. The van der Waals surface area contributed by atoms with E-state index in [-0.39, 0.29) is 12.3 Å². The van der Waals surface area contributed by atoms with Gasteiger partial charge in [-0.25, -0.2) is 0 Å². The number of carboxylic acids is 1. The summed E-state index contributed by atoms with van der Waals surface area (Å²) in [7, 11) is 0. The number of hydrogen-bond donors (Lipinski definition) is 1. The summed E-state index contributed by atoms with van der Waals surface area (Å²) in [6.45, 7) is 2.10. The molecule has 3 nitrogen and oxygen atoms in total. The molecule has 0 aromatic rings. The maximum Gasteiger partial charge on any atom is 0.303 e. The third-order valence-electron chi connectivity index (χ3n) is 4.00. The zero-order chi connectivity index (χ0) is 14.1. The molecule has 0 radical (unpaired) electrons. The monoisotopic (exact) mass is 266 g/mol. The molecule has 0 amide bonds. The molecule has 1 rings (SSSR count). The largest absolute Gasteiger partial charge is 0.481 e. The molecule has 1 N–H and O–H groups in total. The average Bonchev–Trinajstić information content (AvgIpc) is 2.71. The molecule has 0 spiro atoms. The molecule has 0 aromatic heterocycles. The predicted molar refractivity (Wildman–Crippen MR) is 76.0 cm³/mol. The second-order valence-corrected chi connectivity index (χ2v) is 5.48. The maximum atomic E-state index is 11.8. The standard InChI is InChI=1S/C16H26O3/c1-2-3-5-9-14-13(11-12-15(14)17)8-6-4-7-10-16(18)19/h3,5,13-14H,2,4,6-12H2,1H3,(H,18,19)/b5-3-/t13-,14-/m0/s1. The number of unbranched alkanes of at least 4 members (excludes halogenated alkanes) is 2. The van der Waals surface area contributed by atoms with Crippen molar-refractivity contribution < 1.29 is 14.7 Å². The molecule has 0 aromatic carbocycles. The first-order valence-corrected chi connectivity index (χ1v) is 7.54. The van der Waals surface area contributed by atoms with Gasteiger partial charge >= 0.3 is 5.97 Å². The molecule has 1 aliphatic rings. The van der Waals surface area contributed by atoms with E-state index >= 15 is 0 Å². The van der Waals surface area contributed by atoms with E-state index in [1.165, 1.54) is 0 Å². The Kier molecular flexibility index (Phi) is 7.46. The minimum Gasteiger partial charge on any atom is -0.481 e. The lowest BCUT2D eigenvalue weighted by molar-refractivity contribution is -0.137. The quantitative estimate of drug-likeness (QED) is 0.507. The Morgan fingerprint density at radius 2 is 2.11 bits per heavy atom. The van der Waals surface area contributed by atoms with Gasteiger partial charge in [-0.15, -0.1) is 0 Å². The molecule has 0 saturated heterocycles. The highest BCUT2D eigenvalue weighted by atomic mass is 16.4. The fraction of sp³-hybridized carbons (Fsp3) is 0.750. The van der Waals surface area contributed by atoms with Crippen LogP contribution in [0.5, 0.6) is 0 Å². The number of ketones is 1. The second kappa shape index (κ2) is 8.89. The lowest BCUT2D eigenvalue weighted by Crippen LogP contribution is -2.14. The van der Waals surface area contributed by atoms with Gasteiger partial charge in [0.25, 0.3) is 0 Å². The van der Waals surface area contributed by atoms with E-state index in [0.29, 0.717) is 11.7 Å². The minimum absolute atomic E-state index is 0.224. The SMILES string of the molecule is CC/C=C\C[C@@H]1C(=O)CC[C@@H]1CCCCCC(=O)O. The molecule has 0 heterocycles. The molecular weight excluding hydrogens is 240 g/mol. The van der Waals surface area contributed by atoms with Crippen LogP contribution in [0.25, 0.3) is 0 Å². The van der Waals surface area contributed by atoms with E-state index in [4.69, 9.17) is 5.11 Å². The average molecular weight is 266 g/mol. The number of aliphatic carboxylic acids is 1. The Morgan fingerprint density at radius 3 is 2.79 bits per heavy atom. The van der Waals surface area contributed by atoms with Crippen LogP contribution in [0.3, 0.4) is 0 Å². The lowest BCUT2D eigenvalue weighted by Gasteiger charge is -2.16. The van der Waals surface area contributed by atoms with Gasteiger partial charge in [0.1, 0.15) is 5.78 Å². The molecule has 2 atom stereocenters. The zero-order valence-corrected chi connectivity index (χ0v) is 11.9. The van der Waals surface area contributed by atoms with Gasteiger partial charge in [0.05, 0.1) is 0 Å². The summed E-state index contributed by atoms with van der Waals surface area (Å²) in [6, 6.07) is 0. The van der Waals surface area contributed by atoms with Crippen molar-refractivity contribution in [3.8, 4) is 0 Å². The summed E-state index contributed by atoms with van der Waals surface area (Å²) in [5.41, 5.74) is 0. The van der Waals surface area contributed by atoms with Crippen LogP contribution in [0.2, 0.25) is 0 Å². The van der Waals surface area contributed by atoms with Crippen LogP contribution in [0.15, 0.2) is 12.2 Å². The van der Waals surface area contributed by atoms with E-state index in [0.717, 1.165) is 51.4 Å². The molecule has 0 unspecified atom stereocenters. The summed E-state index contributed by atoms with van der Waals surface area (Å²) < 4.78 is 0. The molecule has 1 aliphatic carbocycles. The molecule has 1 fully saturated rings. The van der Waals surface area contributed by atoms with Gasteiger partial charge < -0.3 is 5.11 Å². The van der Waals surface area contributed by atoms with Crippen molar-refractivity contribution in [1.82, 2.24) is 0 Å². The van der Waals surface area contributed by atoms with Crippen molar-refractivity contribution >= 4 is 11.8 Å². The third kappa shape index (κ3) is 6.04. The minimum atomic E-state index is -0.710. The predicted octanol–water partition coefficient (Wildman–Crippen LogP) is 3.97. The Hall–Kier alpha value is -1.12. The molecule has 19 heavy (non-hydrogen) atoms. The van der Waals surface area contributed by atoms with Crippen LogP contribution in [0, 0.1) is 11.8 Å². The molecule has 0 bridgehead atoms. The van der Waals surface area contributed by atoms with Gasteiger partial charge in [-0.05, 0) is 38.0 Å². The number of carbonyl (C=O) groups is 2. The smallest absolute Gasteiger partial charge is 0.303 e. The van der Waals surface area contributed by atoms with Gasteiger partial charge in [0.2, 0.25) is 0 Å². The topological polar surface area (TPSA) is 54.4 Å². The molecule has 1 saturated carbocycles. The van der Waals surface area contributed by atoms with Crippen LogP contribution >= 0.6 is 0 Å². The lowest BCUT2D eigenvalue weighted by atomic mass is 9.88. The van der Waals surface area contributed by atoms with Gasteiger partial charge in [0.15, 0.2) is 0 Å². The van der Waals surface area contributed by atoms with Crippen LogP contribution in [-0.2, 0) is 9.59 Å². The second-order valence-electron chi connectivity index (χ2n) is 5.48. The van der Waals surface area contributed by atoms with Gasteiger partial charge in [-0.1, -0.05) is 31.9 Å². The van der Waals surface area contributed by atoms with Crippen molar-refractivity contribution in [2.45, 2.75) is 64.7 Å². The number of carboxylic acid groups (broad SMARTS) is 1. The van der Waals surface area contributed by atoms with Crippen molar-refractivity contribution in [2.24, 2.45) is 11.8 Å². The van der Waals surface area contributed by atoms with Crippen molar-refractivity contribution in [1.29, 1.82) is 0 Å². The molecule has 3 heteroatoms. The summed E-state index contributed by atoms with van der Waals surface area (Å²) >= 11 is 0. The van der Waals surface area contributed by atoms with Crippen LogP contribution in [-0.4, -0.2) is 16.9 Å². The zero-order valence-electron chi connectivity index (χ0n) is 11.9. The number of rotatable bonds is 9. The van der Waals surface area contributed by atoms with E-state index in [1.54, 1.807) is 0 Å². The highest BCUT2D eigenvalue weighted by molar-refractivity contribution is 5.83. The number of carbonyl (C=O) groups excluding carboxylic acids is 1. The summed E-state index contributed by atoms with van der Waals surface area (Å²) in [5, 5.41) is 8.57.